The van der Waals surface area contributed by atoms with Crippen LogP contribution < -0.4 is 5.73 Å². The van der Waals surface area contributed by atoms with Gasteiger partial charge in [0.1, 0.15) is 0 Å². The van der Waals surface area contributed by atoms with E-state index in [2.05, 4.69) is 26.8 Å². The summed E-state index contributed by atoms with van der Waals surface area (Å²) in [6, 6.07) is 7.59. The van der Waals surface area contributed by atoms with Gasteiger partial charge in [-0.3, -0.25) is 4.79 Å². The van der Waals surface area contributed by atoms with Gasteiger partial charge in [-0.1, -0.05) is 23.7 Å². The molecule has 3 heterocycles. The third kappa shape index (κ3) is 4.38. The van der Waals surface area contributed by atoms with Gasteiger partial charge in [-0.15, -0.1) is 0 Å². The summed E-state index contributed by atoms with van der Waals surface area (Å²) in [4.78, 5) is 26.6. The van der Waals surface area contributed by atoms with E-state index in [1.54, 1.807) is 6.20 Å². The topological polar surface area (TPSA) is 75.4 Å². The first-order chi connectivity index (χ1) is 14.0. The molecule has 1 aromatic heterocycles. The Balaban J connectivity index is 1.68. The van der Waals surface area contributed by atoms with Crippen molar-refractivity contribution in [2.75, 3.05) is 32.4 Å². The van der Waals surface area contributed by atoms with E-state index >= 15 is 0 Å². The Morgan fingerprint density at radius 1 is 1.17 bits per heavy atom. The van der Waals surface area contributed by atoms with Crippen molar-refractivity contribution in [3.05, 3.63) is 41.2 Å². The molecular formula is C22H28ClN5O. The number of hydrogen-bond acceptors (Lipinski definition) is 5. The minimum Gasteiger partial charge on any atom is -0.368 e. The van der Waals surface area contributed by atoms with E-state index in [-0.39, 0.29) is 23.8 Å². The van der Waals surface area contributed by atoms with Gasteiger partial charge in [0, 0.05) is 29.2 Å². The number of benzene rings is 1. The van der Waals surface area contributed by atoms with Crippen LogP contribution in [0, 0.1) is 5.92 Å². The molecule has 2 fully saturated rings. The molecule has 1 atom stereocenters. The van der Waals surface area contributed by atoms with Crippen LogP contribution in [0.4, 0.5) is 5.95 Å². The lowest BCUT2D eigenvalue weighted by Gasteiger charge is -2.39. The fraction of sp³-hybridized carbons (Fsp3) is 0.500. The number of nitrogens with two attached hydrogens (primary N) is 1. The average molecular weight is 414 g/mol. The third-order valence-corrected chi connectivity index (χ3v) is 6.38. The normalized spacial score (nSPS) is 21.3. The summed E-state index contributed by atoms with van der Waals surface area (Å²) in [5.41, 5.74) is 8.65. The van der Waals surface area contributed by atoms with Gasteiger partial charge in [-0.25, -0.2) is 9.97 Å². The predicted molar refractivity (Wildman–Crippen MR) is 115 cm³/mol. The molecule has 1 aromatic carbocycles. The van der Waals surface area contributed by atoms with Crippen LogP contribution >= 0.6 is 11.6 Å². The van der Waals surface area contributed by atoms with Gasteiger partial charge < -0.3 is 15.5 Å². The molecule has 2 N–H and O–H groups in total. The third-order valence-electron chi connectivity index (χ3n) is 6.14. The second kappa shape index (κ2) is 8.67. The van der Waals surface area contributed by atoms with E-state index in [4.69, 9.17) is 17.3 Å². The molecule has 0 aliphatic carbocycles. The molecule has 2 aliphatic heterocycles. The maximum Gasteiger partial charge on any atom is 0.226 e. The second-order valence-corrected chi connectivity index (χ2v) is 8.59. The molecule has 2 saturated heterocycles. The molecule has 0 saturated carbocycles. The molecule has 29 heavy (non-hydrogen) atoms. The zero-order valence-electron chi connectivity index (χ0n) is 16.9. The van der Waals surface area contributed by atoms with Crippen LogP contribution in [0.15, 0.2) is 30.5 Å². The lowest BCUT2D eigenvalue weighted by Crippen LogP contribution is -2.45. The van der Waals surface area contributed by atoms with Crippen molar-refractivity contribution in [1.29, 1.82) is 0 Å². The van der Waals surface area contributed by atoms with E-state index in [0.29, 0.717) is 5.02 Å². The Hall–Kier alpha value is -2.18. The van der Waals surface area contributed by atoms with Gasteiger partial charge in [0.2, 0.25) is 11.9 Å². The van der Waals surface area contributed by atoms with Crippen molar-refractivity contribution in [3.8, 4) is 11.1 Å². The van der Waals surface area contributed by atoms with Gasteiger partial charge in [-0.05, 0) is 69.9 Å². The number of amides is 1. The Morgan fingerprint density at radius 2 is 1.97 bits per heavy atom. The molecule has 0 unspecified atom stereocenters. The van der Waals surface area contributed by atoms with Gasteiger partial charge >= 0.3 is 0 Å². The number of piperidine rings is 2. The maximum absolute atomic E-state index is 13.4. The first-order valence-electron chi connectivity index (χ1n) is 10.4. The highest BCUT2D eigenvalue weighted by molar-refractivity contribution is 6.30. The van der Waals surface area contributed by atoms with Crippen LogP contribution in [-0.4, -0.2) is 52.4 Å². The van der Waals surface area contributed by atoms with Crippen molar-refractivity contribution >= 4 is 23.5 Å². The highest BCUT2D eigenvalue weighted by Crippen LogP contribution is 2.38. The first kappa shape index (κ1) is 20.1. The van der Waals surface area contributed by atoms with Crippen molar-refractivity contribution < 1.29 is 4.79 Å². The molecule has 0 bridgehead atoms. The number of hydrogen-bond donors (Lipinski definition) is 1. The summed E-state index contributed by atoms with van der Waals surface area (Å²) < 4.78 is 0. The molecule has 0 radical (unpaired) electrons. The fourth-order valence-electron chi connectivity index (χ4n) is 4.51. The fourth-order valence-corrected chi connectivity index (χ4v) is 4.70. The minimum atomic E-state index is -0.0739. The Labute approximate surface area is 177 Å². The zero-order valence-corrected chi connectivity index (χ0v) is 17.6. The molecule has 6 nitrogen and oxygen atoms in total. The van der Waals surface area contributed by atoms with Gasteiger partial charge in [0.25, 0.3) is 0 Å². The second-order valence-electron chi connectivity index (χ2n) is 8.16. The van der Waals surface area contributed by atoms with Crippen molar-refractivity contribution in [1.82, 2.24) is 19.8 Å². The summed E-state index contributed by atoms with van der Waals surface area (Å²) in [6.45, 7) is 2.72. The number of nitrogens with zero attached hydrogens (tertiary/aromatic N) is 4. The average Bonchev–Trinajstić information content (AvgIpc) is 2.74. The summed E-state index contributed by atoms with van der Waals surface area (Å²) in [7, 11) is 2.12. The largest absolute Gasteiger partial charge is 0.368 e. The molecule has 7 heteroatoms. The number of likely N-dealkylation sites (tertiary alicyclic amines) is 2. The van der Waals surface area contributed by atoms with Crippen LogP contribution in [0.3, 0.4) is 0 Å². The number of nitrogen functional groups attached to an aromatic ring is 1. The van der Waals surface area contributed by atoms with Crippen LogP contribution in [0.1, 0.15) is 43.8 Å². The summed E-state index contributed by atoms with van der Waals surface area (Å²) >= 11 is 6.22. The molecule has 0 spiro atoms. The van der Waals surface area contributed by atoms with Gasteiger partial charge in [0.15, 0.2) is 0 Å². The van der Waals surface area contributed by atoms with E-state index < -0.39 is 0 Å². The Morgan fingerprint density at radius 3 is 2.72 bits per heavy atom. The molecule has 2 aliphatic rings. The van der Waals surface area contributed by atoms with E-state index in [0.717, 1.165) is 68.6 Å². The number of carbonyl (C=O) groups is 1. The number of rotatable bonds is 3. The zero-order chi connectivity index (χ0) is 20.4. The van der Waals surface area contributed by atoms with Crippen LogP contribution in [0.5, 0.6) is 0 Å². The smallest absolute Gasteiger partial charge is 0.226 e. The molecule has 1 amide bonds. The highest BCUT2D eigenvalue weighted by Gasteiger charge is 2.35. The first-order valence-corrected chi connectivity index (χ1v) is 10.8. The van der Waals surface area contributed by atoms with Gasteiger partial charge in [-0.2, -0.15) is 0 Å². The lowest BCUT2D eigenvalue weighted by atomic mass is 9.90. The van der Waals surface area contributed by atoms with Crippen molar-refractivity contribution in [3.63, 3.8) is 0 Å². The number of aromatic nitrogens is 2. The minimum absolute atomic E-state index is 0.0739. The van der Waals surface area contributed by atoms with E-state index in [9.17, 15) is 4.79 Å². The quantitative estimate of drug-likeness (QED) is 0.828. The van der Waals surface area contributed by atoms with E-state index in [1.165, 1.54) is 0 Å². The maximum atomic E-state index is 13.4. The van der Waals surface area contributed by atoms with Crippen LogP contribution in [0.2, 0.25) is 5.02 Å². The lowest BCUT2D eigenvalue weighted by molar-refractivity contribution is -0.141. The summed E-state index contributed by atoms with van der Waals surface area (Å²) in [5.74, 6) is 0.598. The monoisotopic (exact) mass is 413 g/mol. The summed E-state index contributed by atoms with van der Waals surface area (Å²) in [6.07, 6.45) is 6.60. The Kier molecular flexibility index (Phi) is 6.01. The summed E-state index contributed by atoms with van der Waals surface area (Å²) in [5, 5.41) is 0.660. The molecule has 4 rings (SSSR count). The van der Waals surface area contributed by atoms with Crippen LogP contribution in [0.25, 0.3) is 11.1 Å². The Bertz CT molecular complexity index is 881. The number of halogens is 1. The van der Waals surface area contributed by atoms with Crippen molar-refractivity contribution in [2.45, 2.75) is 38.1 Å². The standard InChI is InChI=1S/C22H28ClN5O/c1-27-11-8-15(9-12-27)21(29)28-10-3-2-7-19(28)20-18(14-25-22(24)26-20)16-5-4-6-17(23)13-16/h4-6,13-15,19H,2-3,7-12H2,1H3,(H2,24,25,26)/t19-/m0/s1. The number of carbonyl (C=O) groups excluding carboxylic acids is 1. The molecular weight excluding hydrogens is 386 g/mol. The predicted octanol–water partition coefficient (Wildman–Crippen LogP) is 3.77. The molecule has 2 aromatic rings. The number of anilines is 1. The molecule has 154 valence electrons. The van der Waals surface area contributed by atoms with Gasteiger partial charge in [0.05, 0.1) is 11.7 Å². The van der Waals surface area contributed by atoms with Crippen LogP contribution in [-0.2, 0) is 4.79 Å². The highest BCUT2D eigenvalue weighted by atomic mass is 35.5. The van der Waals surface area contributed by atoms with E-state index in [1.807, 2.05) is 24.3 Å². The van der Waals surface area contributed by atoms with Crippen molar-refractivity contribution in [2.24, 2.45) is 5.92 Å². The SMILES string of the molecule is CN1CCC(C(=O)N2CCCC[C@H]2c2nc(N)ncc2-c2cccc(Cl)c2)CC1.